The van der Waals surface area contributed by atoms with Crippen molar-refractivity contribution < 1.29 is 4.74 Å². The first-order valence-electron chi connectivity index (χ1n) is 16.3. The molecular formula is C37H50N8OS2. The zero-order valence-corrected chi connectivity index (χ0v) is 31.0. The van der Waals surface area contributed by atoms with Crippen molar-refractivity contribution >= 4 is 41.0 Å². The number of thioether (sulfide) groups is 1. The average molecular weight is 687 g/mol. The normalized spacial score (nSPS) is 13.7. The van der Waals surface area contributed by atoms with Crippen LogP contribution in [-0.2, 0) is 5.75 Å². The van der Waals surface area contributed by atoms with Gasteiger partial charge in [-0.15, -0.1) is 11.8 Å². The number of likely N-dealkylation sites (N-methyl/N-ethyl adjacent to an activating group) is 1. The van der Waals surface area contributed by atoms with Crippen LogP contribution in [0.4, 0.5) is 17.5 Å². The molecule has 2 aromatic carbocycles. The maximum Gasteiger partial charge on any atom is 0.204 e. The first-order chi connectivity index (χ1) is 23.3. The Morgan fingerprint density at radius 1 is 0.938 bits per heavy atom. The van der Waals surface area contributed by atoms with Gasteiger partial charge in [0.15, 0.2) is 22.6 Å². The quantitative estimate of drug-likeness (QED) is 0.0825. The van der Waals surface area contributed by atoms with Gasteiger partial charge in [0.1, 0.15) is 0 Å². The van der Waals surface area contributed by atoms with Gasteiger partial charge in [0.25, 0.3) is 0 Å². The fourth-order valence-corrected chi connectivity index (χ4v) is 6.57. The van der Waals surface area contributed by atoms with E-state index in [1.807, 2.05) is 62.9 Å². The Labute approximate surface area is 295 Å². The predicted octanol–water partition coefficient (Wildman–Crippen LogP) is 7.83. The number of anilines is 3. The molecule has 2 aromatic heterocycles. The first-order valence-corrected chi connectivity index (χ1v) is 18.2. The Balaban J connectivity index is 0.000000794. The van der Waals surface area contributed by atoms with E-state index in [-0.39, 0.29) is 0 Å². The number of aromatic nitrogens is 4. The fraction of sp³-hybridized carbons (Fsp3) is 0.378. The summed E-state index contributed by atoms with van der Waals surface area (Å²) in [6.45, 7) is 13.9. The lowest BCUT2D eigenvalue weighted by atomic mass is 10.2. The highest BCUT2D eigenvalue weighted by Gasteiger charge is 2.25. The van der Waals surface area contributed by atoms with Crippen LogP contribution in [0.5, 0.6) is 5.75 Å². The number of aromatic amines is 1. The van der Waals surface area contributed by atoms with Gasteiger partial charge in [-0.2, -0.15) is 5.10 Å². The van der Waals surface area contributed by atoms with Crippen molar-refractivity contribution in [3.63, 3.8) is 0 Å². The number of ether oxygens (including phenoxy) is 1. The molecule has 0 amide bonds. The molecular weight excluding hydrogens is 637 g/mol. The molecule has 48 heavy (non-hydrogen) atoms. The molecule has 2 N–H and O–H groups in total. The van der Waals surface area contributed by atoms with E-state index < -0.39 is 0 Å². The van der Waals surface area contributed by atoms with E-state index in [1.165, 1.54) is 16.0 Å². The molecule has 9 nitrogen and oxygen atoms in total. The van der Waals surface area contributed by atoms with Crippen molar-refractivity contribution in [2.24, 2.45) is 0 Å². The molecule has 0 atom stereocenters. The second-order valence-corrected chi connectivity index (χ2v) is 13.9. The third-order valence-corrected chi connectivity index (χ3v) is 9.49. The van der Waals surface area contributed by atoms with Crippen LogP contribution in [0, 0.1) is 13.8 Å². The van der Waals surface area contributed by atoms with E-state index in [4.69, 9.17) is 14.7 Å². The monoisotopic (exact) mass is 686 g/mol. The number of hydrogen-bond donors (Lipinski definition) is 2. The zero-order valence-electron chi connectivity index (χ0n) is 29.4. The van der Waals surface area contributed by atoms with Crippen LogP contribution in [0.3, 0.4) is 0 Å². The largest absolute Gasteiger partial charge is 0.490 e. The van der Waals surface area contributed by atoms with Gasteiger partial charge in [0, 0.05) is 66.6 Å². The molecule has 4 aromatic rings. The standard InChI is InChI=1S/C31H40N8OS2.C6H10/c1-22-7-6-8-24(19-22)21-41-25-9-11-26(12-10-25)42-31-33-29(32-27-20-23(2)35-36-27)28(40-5)30(34-31)39-17-15-38(16-18-39)14-13-37(3)4;1-3-5-6-4-2/h6-12,19-20H,13-18,21H2,1-5H3,(H2,32,33,34,35,36);3-6H,1-2H3/b;5-3-,6-4-. The summed E-state index contributed by atoms with van der Waals surface area (Å²) in [5.41, 5.74) is 3.60. The molecule has 1 aliphatic heterocycles. The van der Waals surface area contributed by atoms with Crippen LogP contribution in [0.1, 0.15) is 30.7 Å². The van der Waals surface area contributed by atoms with Crippen molar-refractivity contribution in [2.75, 3.05) is 70.7 Å². The van der Waals surface area contributed by atoms with Gasteiger partial charge in [-0.25, -0.2) is 9.97 Å². The second kappa shape index (κ2) is 19.3. The number of rotatable bonds is 13. The van der Waals surface area contributed by atoms with Crippen LogP contribution in [0.2, 0.25) is 0 Å². The molecule has 0 radical (unpaired) electrons. The third-order valence-electron chi connectivity index (χ3n) is 7.54. The summed E-state index contributed by atoms with van der Waals surface area (Å²) in [6, 6.07) is 19.3. The summed E-state index contributed by atoms with van der Waals surface area (Å²) in [7, 11) is 5.92. The SMILES string of the molecule is C/C=C\C=C/C.COc1c(Nc2cc(C)[nH]n2)nc(Sc2ccc(SCc3cccc(C)c3)cc2)nc1N1CCN(CCN(C)C)CC1. The van der Waals surface area contributed by atoms with Crippen molar-refractivity contribution in [1.29, 1.82) is 0 Å². The maximum absolute atomic E-state index is 5.91. The molecule has 0 bridgehead atoms. The number of nitrogens with one attached hydrogen (secondary N) is 2. The highest BCUT2D eigenvalue weighted by atomic mass is 32.2. The molecule has 0 aliphatic carbocycles. The average Bonchev–Trinajstić information content (AvgIpc) is 3.50. The Hall–Kier alpha value is -3.77. The number of hydrogen-bond acceptors (Lipinski definition) is 10. The minimum absolute atomic E-state index is 0.608. The van der Waals surface area contributed by atoms with E-state index in [2.05, 4.69) is 99.8 Å². The van der Waals surface area contributed by atoms with Gasteiger partial charge in [-0.05, 0) is 83.4 Å². The summed E-state index contributed by atoms with van der Waals surface area (Å²) >= 11 is 3.40. The van der Waals surface area contributed by atoms with Gasteiger partial charge >= 0.3 is 0 Å². The van der Waals surface area contributed by atoms with Crippen molar-refractivity contribution in [3.05, 3.63) is 95.7 Å². The lowest BCUT2D eigenvalue weighted by Crippen LogP contribution is -2.48. The number of aryl methyl sites for hydroxylation is 2. The molecule has 0 saturated carbocycles. The Morgan fingerprint density at radius 2 is 1.65 bits per heavy atom. The number of nitrogens with zero attached hydrogens (tertiary/aromatic N) is 6. The van der Waals surface area contributed by atoms with Crippen molar-refractivity contribution in [2.45, 2.75) is 48.4 Å². The van der Waals surface area contributed by atoms with Crippen molar-refractivity contribution in [1.82, 2.24) is 30.0 Å². The Morgan fingerprint density at radius 3 is 2.25 bits per heavy atom. The smallest absolute Gasteiger partial charge is 0.204 e. The summed E-state index contributed by atoms with van der Waals surface area (Å²) in [5.74, 6) is 3.68. The molecule has 0 spiro atoms. The van der Waals surface area contributed by atoms with E-state index >= 15 is 0 Å². The predicted molar refractivity (Wildman–Crippen MR) is 203 cm³/mol. The maximum atomic E-state index is 5.91. The lowest BCUT2D eigenvalue weighted by Gasteiger charge is -2.36. The molecule has 1 aliphatic rings. The molecule has 5 rings (SSSR count). The van der Waals surface area contributed by atoms with Gasteiger partial charge < -0.3 is 19.9 Å². The number of H-pyrrole nitrogens is 1. The topological polar surface area (TPSA) is 85.4 Å². The number of benzene rings is 2. The zero-order chi connectivity index (χ0) is 34.3. The summed E-state index contributed by atoms with van der Waals surface area (Å²) in [5, 5.41) is 11.4. The van der Waals surface area contributed by atoms with Gasteiger partial charge in [-0.1, -0.05) is 54.1 Å². The molecule has 1 fully saturated rings. The van der Waals surface area contributed by atoms with E-state index in [0.717, 1.165) is 61.4 Å². The molecule has 0 unspecified atom stereocenters. The van der Waals surface area contributed by atoms with Gasteiger partial charge in [-0.3, -0.25) is 10.00 Å². The minimum atomic E-state index is 0.608. The molecule has 3 heterocycles. The summed E-state index contributed by atoms with van der Waals surface area (Å²) < 4.78 is 5.91. The highest BCUT2D eigenvalue weighted by Crippen LogP contribution is 2.38. The number of allylic oxidation sites excluding steroid dienone is 4. The first kappa shape index (κ1) is 37.1. The van der Waals surface area contributed by atoms with Crippen LogP contribution in [0.15, 0.2) is 93.8 Å². The van der Waals surface area contributed by atoms with Crippen LogP contribution in [0.25, 0.3) is 0 Å². The van der Waals surface area contributed by atoms with Crippen LogP contribution < -0.4 is 15.0 Å². The van der Waals surface area contributed by atoms with Crippen LogP contribution >= 0.6 is 23.5 Å². The highest BCUT2D eigenvalue weighted by molar-refractivity contribution is 7.99. The minimum Gasteiger partial charge on any atom is -0.490 e. The van der Waals surface area contributed by atoms with E-state index in [9.17, 15) is 0 Å². The van der Waals surface area contributed by atoms with Gasteiger partial charge in [0.05, 0.1) is 7.11 Å². The van der Waals surface area contributed by atoms with Crippen LogP contribution in [-0.4, -0.2) is 90.4 Å². The van der Waals surface area contributed by atoms with E-state index in [1.54, 1.807) is 18.9 Å². The van der Waals surface area contributed by atoms with Crippen molar-refractivity contribution in [3.8, 4) is 5.75 Å². The third kappa shape index (κ3) is 11.7. The second-order valence-electron chi connectivity index (χ2n) is 11.8. The Bertz CT molecular complexity index is 1600. The fourth-order valence-electron chi connectivity index (χ4n) is 4.98. The molecule has 256 valence electrons. The Kier molecular flexibility index (Phi) is 14.9. The van der Waals surface area contributed by atoms with Gasteiger partial charge in [0.2, 0.25) is 5.75 Å². The molecule has 1 saturated heterocycles. The number of methoxy groups -OCH3 is 1. The lowest BCUT2D eigenvalue weighted by molar-refractivity contribution is 0.228. The molecule has 11 heteroatoms. The number of piperazine rings is 1. The van der Waals surface area contributed by atoms with E-state index in [0.29, 0.717) is 22.5 Å². The summed E-state index contributed by atoms with van der Waals surface area (Å²) in [6.07, 6.45) is 8.00. The summed E-state index contributed by atoms with van der Waals surface area (Å²) in [4.78, 5) is 19.3.